The molecule has 0 aromatic rings. The third-order valence-electron chi connectivity index (χ3n) is 10.9. The standard InChI is InChI=1S/C48H85O13P/c1-3-5-7-9-11-13-15-17-19-20-21-22-23-25-26-28-30-32-34-36-41(49)58-38-40(39-59-62(56,57)61-48-46(54)44(52)43(51)45(53)47(48)55)60-42(50)37-35-33-31-29-27-24-18-16-14-12-10-8-6-4-2/h11,13,17,19,21-22,25-26,40,43-48,51-55H,3-10,12,14-16,18,20,23-24,27-39H2,1-2H3,(H,56,57)/b13-11-,19-17-,22-21-,26-25-/t40-,43?,44-,45?,46?,47?,48?/m1/s1. The summed E-state index contributed by atoms with van der Waals surface area (Å²) in [6.45, 7) is 3.25. The molecule has 0 aliphatic heterocycles. The van der Waals surface area contributed by atoms with E-state index in [1.807, 2.05) is 0 Å². The number of carbonyl (C=O) groups is 2. The van der Waals surface area contributed by atoms with Crippen molar-refractivity contribution in [3.63, 3.8) is 0 Å². The summed E-state index contributed by atoms with van der Waals surface area (Å²) in [6, 6.07) is 0. The lowest BCUT2D eigenvalue weighted by atomic mass is 9.85. The van der Waals surface area contributed by atoms with E-state index in [0.717, 1.165) is 70.6 Å². The quantitative estimate of drug-likeness (QED) is 0.0147. The highest BCUT2D eigenvalue weighted by Gasteiger charge is 2.51. The number of hydrogen-bond donors (Lipinski definition) is 6. The number of hydrogen-bond acceptors (Lipinski definition) is 12. The van der Waals surface area contributed by atoms with Gasteiger partial charge in [-0.15, -0.1) is 0 Å². The molecule has 1 rings (SSSR count). The third kappa shape index (κ3) is 30.0. The third-order valence-corrected chi connectivity index (χ3v) is 11.9. The molecule has 13 nitrogen and oxygen atoms in total. The largest absolute Gasteiger partial charge is 0.472 e. The van der Waals surface area contributed by atoms with E-state index in [1.54, 1.807) is 0 Å². The zero-order valence-electron chi connectivity index (χ0n) is 38.2. The Hall–Kier alpha value is -2.19. The van der Waals surface area contributed by atoms with Crippen LogP contribution in [0.25, 0.3) is 0 Å². The van der Waals surface area contributed by atoms with Gasteiger partial charge in [0.25, 0.3) is 0 Å². The summed E-state index contributed by atoms with van der Waals surface area (Å²) in [5, 5.41) is 50.2. The number of allylic oxidation sites excluding steroid dienone is 8. The molecule has 0 bridgehead atoms. The summed E-state index contributed by atoms with van der Waals surface area (Å²) >= 11 is 0. The molecule has 0 saturated heterocycles. The lowest BCUT2D eigenvalue weighted by Gasteiger charge is -2.41. The predicted molar refractivity (Wildman–Crippen MR) is 244 cm³/mol. The Morgan fingerprint density at radius 1 is 0.500 bits per heavy atom. The molecule has 0 aromatic heterocycles. The molecule has 14 heteroatoms. The summed E-state index contributed by atoms with van der Waals surface area (Å²) in [4.78, 5) is 35.7. The van der Waals surface area contributed by atoms with Gasteiger partial charge in [0, 0.05) is 12.8 Å². The molecule has 0 spiro atoms. The monoisotopic (exact) mass is 901 g/mol. The zero-order chi connectivity index (χ0) is 45.7. The van der Waals surface area contributed by atoms with Crippen LogP contribution in [0, 0.1) is 0 Å². The molecular formula is C48H85O13P. The lowest BCUT2D eigenvalue weighted by Crippen LogP contribution is -2.64. The Labute approximate surface area is 373 Å². The van der Waals surface area contributed by atoms with Crippen LogP contribution in [0.5, 0.6) is 0 Å². The molecule has 0 radical (unpaired) electrons. The zero-order valence-corrected chi connectivity index (χ0v) is 39.0. The van der Waals surface area contributed by atoms with Gasteiger partial charge in [-0.25, -0.2) is 4.57 Å². The smallest absolute Gasteiger partial charge is 0.462 e. The number of unbranched alkanes of at least 4 members (excludes halogenated alkanes) is 19. The molecule has 0 aromatic carbocycles. The van der Waals surface area contributed by atoms with Gasteiger partial charge in [-0.1, -0.05) is 165 Å². The van der Waals surface area contributed by atoms with Gasteiger partial charge >= 0.3 is 19.8 Å². The molecule has 6 N–H and O–H groups in total. The Kier molecular flexibility index (Phi) is 35.5. The first-order chi connectivity index (χ1) is 29.9. The summed E-state index contributed by atoms with van der Waals surface area (Å²) in [5.41, 5.74) is 0. The van der Waals surface area contributed by atoms with E-state index in [-0.39, 0.29) is 12.8 Å². The highest BCUT2D eigenvalue weighted by atomic mass is 31.2. The summed E-state index contributed by atoms with van der Waals surface area (Å²) in [6.07, 6.45) is 31.6. The van der Waals surface area contributed by atoms with Crippen molar-refractivity contribution in [3.05, 3.63) is 48.6 Å². The van der Waals surface area contributed by atoms with E-state index in [4.69, 9.17) is 18.5 Å². The fourth-order valence-corrected chi connectivity index (χ4v) is 8.01. The van der Waals surface area contributed by atoms with Gasteiger partial charge in [0.05, 0.1) is 6.61 Å². The second kappa shape index (κ2) is 38.1. The molecule has 62 heavy (non-hydrogen) atoms. The average molecular weight is 901 g/mol. The van der Waals surface area contributed by atoms with E-state index in [9.17, 15) is 44.6 Å². The van der Waals surface area contributed by atoms with Crippen LogP contribution in [0.1, 0.15) is 187 Å². The van der Waals surface area contributed by atoms with Crippen LogP contribution in [-0.2, 0) is 32.7 Å². The Bertz CT molecular complexity index is 1270. The minimum Gasteiger partial charge on any atom is -0.462 e. The van der Waals surface area contributed by atoms with E-state index in [2.05, 4.69) is 62.5 Å². The molecule has 1 fully saturated rings. The SMILES string of the molecule is CCCCC/C=C\C/C=C\C/C=C\C/C=C\CCCCCC(=O)OC[C@H](COP(=O)(O)OC1C(O)C(O)C(O)[C@@H](O)C1O)OC(=O)CCCCCCCCCCCCCCCC. The second-order valence-electron chi connectivity index (χ2n) is 16.6. The normalized spacial score (nSPS) is 22.3. The maximum Gasteiger partial charge on any atom is 0.472 e. The van der Waals surface area contributed by atoms with Crippen LogP contribution in [0.2, 0.25) is 0 Å². The van der Waals surface area contributed by atoms with Crippen molar-refractivity contribution < 1.29 is 63.1 Å². The highest BCUT2D eigenvalue weighted by Crippen LogP contribution is 2.47. The number of ether oxygens (including phenoxy) is 2. The van der Waals surface area contributed by atoms with Crippen LogP contribution >= 0.6 is 7.82 Å². The lowest BCUT2D eigenvalue weighted by molar-refractivity contribution is -0.220. The number of phosphoric acid groups is 1. The first kappa shape index (κ1) is 57.8. The average Bonchev–Trinajstić information content (AvgIpc) is 3.25. The predicted octanol–water partition coefficient (Wildman–Crippen LogP) is 9.56. The van der Waals surface area contributed by atoms with E-state index >= 15 is 0 Å². The Morgan fingerprint density at radius 3 is 1.35 bits per heavy atom. The van der Waals surface area contributed by atoms with E-state index in [1.165, 1.54) is 77.0 Å². The number of rotatable bonds is 39. The van der Waals surface area contributed by atoms with Crippen molar-refractivity contribution in [2.75, 3.05) is 13.2 Å². The van der Waals surface area contributed by atoms with Gasteiger partial charge in [-0.3, -0.25) is 18.6 Å². The first-order valence-electron chi connectivity index (χ1n) is 23.9. The number of aliphatic hydroxyl groups is 5. The maximum absolute atomic E-state index is 12.8. The van der Waals surface area contributed by atoms with Gasteiger partial charge in [-0.2, -0.15) is 0 Å². The molecular weight excluding hydrogens is 815 g/mol. The molecule has 0 amide bonds. The van der Waals surface area contributed by atoms with Gasteiger partial charge in [-0.05, 0) is 57.8 Å². The molecule has 8 atom stereocenters. The number of phosphoric ester groups is 1. The van der Waals surface area contributed by atoms with Crippen LogP contribution in [0.15, 0.2) is 48.6 Å². The van der Waals surface area contributed by atoms with Gasteiger partial charge in [0.1, 0.15) is 43.2 Å². The minimum absolute atomic E-state index is 0.0910. The number of esters is 2. The Balaban J connectivity index is 2.46. The fraction of sp³-hybridized carbons (Fsp3) is 0.792. The van der Waals surface area contributed by atoms with Crippen LogP contribution in [0.4, 0.5) is 0 Å². The topological polar surface area (TPSA) is 210 Å². The fourth-order valence-electron chi connectivity index (χ4n) is 7.04. The van der Waals surface area contributed by atoms with E-state index < -0.39 is 75.7 Å². The van der Waals surface area contributed by atoms with Crippen molar-refractivity contribution >= 4 is 19.8 Å². The Morgan fingerprint density at radius 2 is 0.871 bits per heavy atom. The molecule has 0 heterocycles. The summed E-state index contributed by atoms with van der Waals surface area (Å²) < 4.78 is 33.5. The van der Waals surface area contributed by atoms with E-state index in [0.29, 0.717) is 12.8 Å². The summed E-state index contributed by atoms with van der Waals surface area (Å²) in [7, 11) is -5.13. The van der Waals surface area contributed by atoms with Crippen molar-refractivity contribution in [2.45, 2.75) is 230 Å². The molecule has 360 valence electrons. The minimum atomic E-state index is -5.13. The van der Waals surface area contributed by atoms with Crippen molar-refractivity contribution in [1.82, 2.24) is 0 Å². The first-order valence-corrected chi connectivity index (χ1v) is 25.4. The molecule has 1 aliphatic carbocycles. The number of carbonyl (C=O) groups excluding carboxylic acids is 2. The highest BCUT2D eigenvalue weighted by molar-refractivity contribution is 7.47. The van der Waals surface area contributed by atoms with Gasteiger partial charge < -0.3 is 39.9 Å². The number of aliphatic hydroxyl groups excluding tert-OH is 5. The van der Waals surface area contributed by atoms with Crippen molar-refractivity contribution in [2.24, 2.45) is 0 Å². The van der Waals surface area contributed by atoms with Crippen molar-refractivity contribution in [3.8, 4) is 0 Å². The van der Waals surface area contributed by atoms with Crippen LogP contribution in [-0.4, -0.2) is 98.3 Å². The maximum atomic E-state index is 12.8. The van der Waals surface area contributed by atoms with Gasteiger partial charge in [0.2, 0.25) is 0 Å². The second-order valence-corrected chi connectivity index (χ2v) is 18.0. The summed E-state index contributed by atoms with van der Waals surface area (Å²) in [5.74, 6) is -1.13. The van der Waals surface area contributed by atoms with Gasteiger partial charge in [0.15, 0.2) is 6.10 Å². The molecule has 1 aliphatic rings. The molecule has 6 unspecified atom stereocenters. The van der Waals surface area contributed by atoms with Crippen LogP contribution < -0.4 is 0 Å². The van der Waals surface area contributed by atoms with Crippen LogP contribution in [0.3, 0.4) is 0 Å². The molecule has 1 saturated carbocycles. The van der Waals surface area contributed by atoms with Crippen molar-refractivity contribution in [1.29, 1.82) is 0 Å².